The van der Waals surface area contributed by atoms with Crippen LogP contribution in [0.3, 0.4) is 0 Å². The number of piperidine rings is 1. The second-order valence-corrected chi connectivity index (χ2v) is 7.18. The zero-order valence-corrected chi connectivity index (χ0v) is 13.6. The van der Waals surface area contributed by atoms with Crippen molar-refractivity contribution in [2.45, 2.75) is 51.1 Å². The van der Waals surface area contributed by atoms with Crippen molar-refractivity contribution in [1.82, 2.24) is 14.9 Å². The van der Waals surface area contributed by atoms with Gasteiger partial charge in [-0.25, -0.2) is 4.98 Å². The van der Waals surface area contributed by atoms with Gasteiger partial charge in [0.15, 0.2) is 0 Å². The van der Waals surface area contributed by atoms with E-state index in [0.717, 1.165) is 37.8 Å². The number of carbonyl (C=O) groups excluding carboxylic acids is 1. The maximum atomic E-state index is 12.4. The third-order valence-corrected chi connectivity index (χ3v) is 5.41. The number of H-pyrrole nitrogens is 1. The van der Waals surface area contributed by atoms with Crippen LogP contribution >= 0.6 is 0 Å². The molecule has 0 aromatic carbocycles. The van der Waals surface area contributed by atoms with E-state index in [-0.39, 0.29) is 5.91 Å². The lowest BCUT2D eigenvalue weighted by Gasteiger charge is -2.39. The van der Waals surface area contributed by atoms with Gasteiger partial charge in [-0.1, -0.05) is 6.58 Å². The Morgan fingerprint density at radius 1 is 1.39 bits per heavy atom. The molecule has 120 valence electrons. The lowest BCUT2D eigenvalue weighted by Crippen LogP contribution is -2.47. The number of carbonyl (C=O) groups is 1. The van der Waals surface area contributed by atoms with Gasteiger partial charge in [0.1, 0.15) is 5.65 Å². The summed E-state index contributed by atoms with van der Waals surface area (Å²) in [5, 5.41) is 1.18. The van der Waals surface area contributed by atoms with Gasteiger partial charge in [-0.3, -0.25) is 4.79 Å². The number of hydrogen-bond acceptors (Lipinski definition) is 2. The van der Waals surface area contributed by atoms with E-state index in [4.69, 9.17) is 0 Å². The van der Waals surface area contributed by atoms with Gasteiger partial charge in [-0.15, -0.1) is 0 Å². The highest BCUT2D eigenvalue weighted by atomic mass is 16.2. The Morgan fingerprint density at radius 2 is 2.13 bits per heavy atom. The highest BCUT2D eigenvalue weighted by molar-refractivity contribution is 5.93. The van der Waals surface area contributed by atoms with Gasteiger partial charge >= 0.3 is 0 Å². The molecular formula is C19H23N3O. The molecule has 2 aliphatic rings. The van der Waals surface area contributed by atoms with Crippen LogP contribution in [-0.2, 0) is 11.2 Å². The highest BCUT2D eigenvalue weighted by Crippen LogP contribution is 2.40. The first kappa shape index (κ1) is 14.5. The molecule has 2 saturated heterocycles. The monoisotopic (exact) mass is 309 g/mol. The zero-order chi connectivity index (χ0) is 16.0. The smallest absolute Gasteiger partial charge is 0.249 e. The first-order valence-electron chi connectivity index (χ1n) is 8.52. The van der Waals surface area contributed by atoms with Gasteiger partial charge in [0.25, 0.3) is 0 Å². The highest BCUT2D eigenvalue weighted by Gasteiger charge is 2.42. The number of rotatable bonds is 3. The predicted octanol–water partition coefficient (Wildman–Crippen LogP) is 3.45. The summed E-state index contributed by atoms with van der Waals surface area (Å²) in [6.45, 7) is 5.66. The Hall–Kier alpha value is -2.10. The van der Waals surface area contributed by atoms with Crippen LogP contribution in [0.1, 0.15) is 38.2 Å². The molecule has 2 aromatic heterocycles. The van der Waals surface area contributed by atoms with Crippen molar-refractivity contribution in [3.05, 3.63) is 42.2 Å². The summed E-state index contributed by atoms with van der Waals surface area (Å²) in [5.41, 5.74) is 2.93. The number of aromatic nitrogens is 2. The van der Waals surface area contributed by atoms with Gasteiger partial charge in [-0.05, 0) is 62.6 Å². The molecule has 0 aliphatic carbocycles. The van der Waals surface area contributed by atoms with Crippen molar-refractivity contribution in [2.24, 2.45) is 5.92 Å². The van der Waals surface area contributed by atoms with Crippen LogP contribution in [0.4, 0.5) is 0 Å². The number of fused-ring (bicyclic) bond motifs is 3. The third kappa shape index (κ3) is 2.56. The molecule has 4 heterocycles. The number of nitrogens with one attached hydrogen (secondary N) is 1. The largest absolute Gasteiger partial charge is 0.346 e. The lowest BCUT2D eigenvalue weighted by atomic mass is 9.85. The molecule has 0 saturated carbocycles. The summed E-state index contributed by atoms with van der Waals surface area (Å²) in [7, 11) is 0. The molecule has 2 unspecified atom stereocenters. The molecule has 2 fully saturated rings. The molecule has 2 aromatic rings. The molecule has 2 bridgehead atoms. The SMILES string of the molecule is C=C(C)C(=O)N1C2CCC1CC(Cc1cnc3[nH]ccc3c1)C2. The fourth-order valence-corrected chi connectivity index (χ4v) is 4.44. The molecule has 2 atom stereocenters. The minimum atomic E-state index is 0.159. The Morgan fingerprint density at radius 3 is 2.83 bits per heavy atom. The molecule has 23 heavy (non-hydrogen) atoms. The number of aromatic amines is 1. The average Bonchev–Trinajstić information content (AvgIpc) is 3.08. The van der Waals surface area contributed by atoms with Crippen molar-refractivity contribution in [3.63, 3.8) is 0 Å². The molecule has 4 rings (SSSR count). The quantitative estimate of drug-likeness (QED) is 0.883. The Labute approximate surface area is 136 Å². The fourth-order valence-electron chi connectivity index (χ4n) is 4.44. The Balaban J connectivity index is 1.48. The van der Waals surface area contributed by atoms with E-state index >= 15 is 0 Å². The van der Waals surface area contributed by atoms with Gasteiger partial charge < -0.3 is 9.88 Å². The van der Waals surface area contributed by atoms with Crippen LogP contribution < -0.4 is 0 Å². The van der Waals surface area contributed by atoms with E-state index in [1.54, 1.807) is 0 Å². The fraction of sp³-hybridized carbons (Fsp3) is 0.474. The lowest BCUT2D eigenvalue weighted by molar-refractivity contribution is -0.132. The van der Waals surface area contributed by atoms with Gasteiger partial charge in [0, 0.05) is 35.4 Å². The predicted molar refractivity (Wildman–Crippen MR) is 91.0 cm³/mol. The second kappa shape index (κ2) is 5.52. The number of nitrogens with zero attached hydrogens (tertiary/aromatic N) is 2. The van der Waals surface area contributed by atoms with Crippen LogP contribution in [0.15, 0.2) is 36.7 Å². The van der Waals surface area contributed by atoms with E-state index in [0.29, 0.717) is 23.6 Å². The summed E-state index contributed by atoms with van der Waals surface area (Å²) in [6, 6.07) is 5.13. The molecular weight excluding hydrogens is 286 g/mol. The Bertz CT molecular complexity index is 749. The van der Waals surface area contributed by atoms with Crippen LogP contribution in [0.2, 0.25) is 0 Å². The Kier molecular flexibility index (Phi) is 3.47. The summed E-state index contributed by atoms with van der Waals surface area (Å²) in [4.78, 5) is 22.1. The number of pyridine rings is 1. The molecule has 0 radical (unpaired) electrons. The van der Waals surface area contributed by atoms with E-state index in [1.807, 2.05) is 19.3 Å². The summed E-state index contributed by atoms with van der Waals surface area (Å²) in [5.74, 6) is 0.811. The number of hydrogen-bond donors (Lipinski definition) is 1. The van der Waals surface area contributed by atoms with Crippen molar-refractivity contribution in [1.29, 1.82) is 0 Å². The summed E-state index contributed by atoms with van der Waals surface area (Å²) < 4.78 is 0. The van der Waals surface area contributed by atoms with Crippen molar-refractivity contribution < 1.29 is 4.79 Å². The first-order valence-corrected chi connectivity index (χ1v) is 8.52. The molecule has 0 spiro atoms. The molecule has 4 heteroatoms. The van der Waals surface area contributed by atoms with Crippen LogP contribution in [0.5, 0.6) is 0 Å². The molecule has 2 aliphatic heterocycles. The van der Waals surface area contributed by atoms with Crippen molar-refractivity contribution in [2.75, 3.05) is 0 Å². The average molecular weight is 309 g/mol. The van der Waals surface area contributed by atoms with Crippen molar-refractivity contribution >= 4 is 16.9 Å². The number of amides is 1. The second-order valence-electron chi connectivity index (χ2n) is 7.18. The van der Waals surface area contributed by atoms with Crippen LogP contribution in [0, 0.1) is 5.92 Å². The normalized spacial score (nSPS) is 26.7. The molecule has 1 amide bonds. The van der Waals surface area contributed by atoms with Gasteiger partial charge in [0.2, 0.25) is 5.91 Å². The van der Waals surface area contributed by atoms with Gasteiger partial charge in [-0.2, -0.15) is 0 Å². The first-order chi connectivity index (χ1) is 11.1. The van der Waals surface area contributed by atoms with E-state index in [1.165, 1.54) is 10.9 Å². The summed E-state index contributed by atoms with van der Waals surface area (Å²) in [6.07, 6.45) is 9.51. The maximum Gasteiger partial charge on any atom is 0.249 e. The topological polar surface area (TPSA) is 49.0 Å². The van der Waals surface area contributed by atoms with E-state index in [9.17, 15) is 4.79 Å². The zero-order valence-electron chi connectivity index (χ0n) is 13.6. The molecule has 1 N–H and O–H groups in total. The van der Waals surface area contributed by atoms with E-state index < -0.39 is 0 Å². The van der Waals surface area contributed by atoms with Crippen LogP contribution in [0.25, 0.3) is 11.0 Å². The van der Waals surface area contributed by atoms with Gasteiger partial charge in [0.05, 0.1) is 0 Å². The minimum absolute atomic E-state index is 0.159. The standard InChI is InChI=1S/C19H23N3O/c1-12(2)19(23)22-16-3-4-17(22)10-13(9-16)7-14-8-15-5-6-20-18(15)21-11-14/h5-6,8,11,13,16-17H,1,3-4,7,9-10H2,2H3,(H,20,21). The summed E-state index contributed by atoms with van der Waals surface area (Å²) >= 11 is 0. The minimum Gasteiger partial charge on any atom is -0.346 e. The van der Waals surface area contributed by atoms with Crippen molar-refractivity contribution in [3.8, 4) is 0 Å². The van der Waals surface area contributed by atoms with Crippen LogP contribution in [-0.4, -0.2) is 32.9 Å². The molecule has 4 nitrogen and oxygen atoms in total. The van der Waals surface area contributed by atoms with E-state index in [2.05, 4.69) is 33.6 Å². The third-order valence-electron chi connectivity index (χ3n) is 5.41. The maximum absolute atomic E-state index is 12.4.